The van der Waals surface area contributed by atoms with E-state index in [1.54, 1.807) is 7.11 Å². The number of para-hydroxylation sites is 1. The molecule has 0 N–H and O–H groups in total. The van der Waals surface area contributed by atoms with Crippen molar-refractivity contribution in [2.24, 2.45) is 0 Å². The van der Waals surface area contributed by atoms with Gasteiger partial charge >= 0.3 is 0 Å². The molecule has 0 aliphatic carbocycles. The third-order valence-corrected chi connectivity index (χ3v) is 4.63. The number of anilines is 1. The van der Waals surface area contributed by atoms with Gasteiger partial charge in [-0.2, -0.15) is 5.10 Å². The summed E-state index contributed by atoms with van der Waals surface area (Å²) in [6, 6.07) is 10.3. The third kappa shape index (κ3) is 2.72. The number of hydrogen-bond acceptors (Lipinski definition) is 3. The van der Waals surface area contributed by atoms with Gasteiger partial charge in [0.25, 0.3) is 0 Å². The highest BCUT2D eigenvalue weighted by molar-refractivity contribution is 9.08. The zero-order valence-corrected chi connectivity index (χ0v) is 14.0. The van der Waals surface area contributed by atoms with Crippen LogP contribution in [0.2, 0.25) is 0 Å². The number of ether oxygens (including phenoxy) is 1. The molecule has 5 heteroatoms. The number of aryl methyl sites for hydroxylation is 1. The number of hydrogen-bond donors (Lipinski definition) is 0. The summed E-state index contributed by atoms with van der Waals surface area (Å²) in [5.74, 6) is 1.19. The van der Waals surface area contributed by atoms with E-state index in [-0.39, 0.29) is 0 Å². The maximum Gasteiger partial charge on any atom is 0.136 e. The summed E-state index contributed by atoms with van der Waals surface area (Å²) in [6.45, 7) is 4.01. The summed E-state index contributed by atoms with van der Waals surface area (Å²) in [5.41, 5.74) is 3.44. The minimum Gasteiger partial charge on any atom is -0.380 e. The predicted molar refractivity (Wildman–Crippen MR) is 88.6 cm³/mol. The smallest absolute Gasteiger partial charge is 0.136 e. The van der Waals surface area contributed by atoms with Crippen LogP contribution < -0.4 is 4.90 Å². The van der Waals surface area contributed by atoms with Crippen LogP contribution in [-0.4, -0.2) is 36.1 Å². The Morgan fingerprint density at radius 1 is 1.33 bits per heavy atom. The topological polar surface area (TPSA) is 30.3 Å². The lowest BCUT2D eigenvalue weighted by atomic mass is 10.2. The normalized spacial score (nSPS) is 18.4. The molecule has 1 aliphatic rings. The van der Waals surface area contributed by atoms with Gasteiger partial charge in [0.15, 0.2) is 0 Å². The first kappa shape index (κ1) is 14.6. The molecule has 1 saturated heterocycles. The molecule has 112 valence electrons. The van der Waals surface area contributed by atoms with Gasteiger partial charge in [-0.15, -0.1) is 0 Å². The SMILES string of the molecule is COC1CCN(c2c(CBr)c(C)nn2-c2ccccc2)C1. The van der Waals surface area contributed by atoms with Crippen LogP contribution in [0.3, 0.4) is 0 Å². The Hall–Kier alpha value is -1.33. The van der Waals surface area contributed by atoms with Gasteiger partial charge in [-0.3, -0.25) is 0 Å². The van der Waals surface area contributed by atoms with E-state index in [1.165, 1.54) is 11.4 Å². The second-order valence-corrected chi connectivity index (χ2v) is 5.92. The van der Waals surface area contributed by atoms with Gasteiger partial charge in [0.1, 0.15) is 5.82 Å². The number of alkyl halides is 1. The van der Waals surface area contributed by atoms with E-state index in [9.17, 15) is 0 Å². The Balaban J connectivity index is 2.05. The van der Waals surface area contributed by atoms with Gasteiger partial charge in [0, 0.05) is 31.1 Å². The predicted octanol–water partition coefficient (Wildman–Crippen LogP) is 3.30. The maximum absolute atomic E-state index is 5.51. The van der Waals surface area contributed by atoms with Crippen LogP contribution in [0.15, 0.2) is 30.3 Å². The van der Waals surface area contributed by atoms with E-state index in [4.69, 9.17) is 9.84 Å². The highest BCUT2D eigenvalue weighted by atomic mass is 79.9. The molecule has 2 heterocycles. The van der Waals surface area contributed by atoms with Crippen molar-refractivity contribution < 1.29 is 4.74 Å². The van der Waals surface area contributed by atoms with Crippen molar-refractivity contribution in [2.45, 2.75) is 24.8 Å². The van der Waals surface area contributed by atoms with Gasteiger partial charge in [-0.1, -0.05) is 34.1 Å². The molecule has 2 aromatic rings. The van der Waals surface area contributed by atoms with Gasteiger partial charge in [0.2, 0.25) is 0 Å². The first-order valence-corrected chi connectivity index (χ1v) is 8.34. The van der Waals surface area contributed by atoms with Crippen molar-refractivity contribution in [3.63, 3.8) is 0 Å². The second kappa shape index (κ2) is 6.20. The van der Waals surface area contributed by atoms with Crippen molar-refractivity contribution in [2.75, 3.05) is 25.1 Å². The molecule has 0 bridgehead atoms. The summed E-state index contributed by atoms with van der Waals surface area (Å²) >= 11 is 3.61. The molecule has 1 unspecified atom stereocenters. The van der Waals surface area contributed by atoms with E-state index in [2.05, 4.69) is 44.6 Å². The summed E-state index contributed by atoms with van der Waals surface area (Å²) in [4.78, 5) is 2.39. The molecular formula is C16H20BrN3O. The molecule has 1 aromatic heterocycles. The highest BCUT2D eigenvalue weighted by Crippen LogP contribution is 2.31. The molecule has 0 amide bonds. The van der Waals surface area contributed by atoms with Crippen LogP contribution in [0.5, 0.6) is 0 Å². The van der Waals surface area contributed by atoms with E-state index in [0.717, 1.165) is 36.2 Å². The fraction of sp³-hybridized carbons (Fsp3) is 0.438. The zero-order valence-electron chi connectivity index (χ0n) is 12.4. The largest absolute Gasteiger partial charge is 0.380 e. The zero-order chi connectivity index (χ0) is 14.8. The van der Waals surface area contributed by atoms with Crippen LogP contribution in [-0.2, 0) is 10.1 Å². The number of aromatic nitrogens is 2. The lowest BCUT2D eigenvalue weighted by Gasteiger charge is -2.21. The van der Waals surface area contributed by atoms with Gasteiger partial charge in [-0.05, 0) is 25.5 Å². The number of halogens is 1. The molecule has 4 nitrogen and oxygen atoms in total. The van der Waals surface area contributed by atoms with E-state index >= 15 is 0 Å². The van der Waals surface area contributed by atoms with E-state index in [0.29, 0.717) is 6.10 Å². The van der Waals surface area contributed by atoms with Crippen molar-refractivity contribution in [3.05, 3.63) is 41.6 Å². The monoisotopic (exact) mass is 349 g/mol. The third-order valence-electron chi connectivity index (χ3n) is 4.07. The average Bonchev–Trinajstić information content (AvgIpc) is 3.11. The minimum atomic E-state index is 0.313. The molecule has 1 aromatic carbocycles. The maximum atomic E-state index is 5.51. The number of benzene rings is 1. The Labute approximate surface area is 133 Å². The molecule has 0 saturated carbocycles. The fourth-order valence-electron chi connectivity index (χ4n) is 2.89. The van der Waals surface area contributed by atoms with Gasteiger partial charge in [0.05, 0.1) is 17.5 Å². The van der Waals surface area contributed by atoms with Crippen LogP contribution >= 0.6 is 15.9 Å². The van der Waals surface area contributed by atoms with E-state index in [1.807, 2.05) is 18.2 Å². The molecule has 1 aliphatic heterocycles. The molecule has 0 radical (unpaired) electrons. The standard InChI is InChI=1S/C16H20BrN3O/c1-12-15(10-17)16(19-9-8-14(11-19)21-2)20(18-12)13-6-4-3-5-7-13/h3-7,14H,8-11H2,1-2H3. The fourth-order valence-corrected chi connectivity index (χ4v) is 3.55. The summed E-state index contributed by atoms with van der Waals surface area (Å²) < 4.78 is 7.57. The first-order chi connectivity index (χ1) is 10.2. The molecule has 1 fully saturated rings. The second-order valence-electron chi connectivity index (χ2n) is 5.36. The lowest BCUT2D eigenvalue weighted by Crippen LogP contribution is -2.25. The van der Waals surface area contributed by atoms with Gasteiger partial charge in [-0.25, -0.2) is 4.68 Å². The Morgan fingerprint density at radius 2 is 2.10 bits per heavy atom. The number of methoxy groups -OCH3 is 1. The summed E-state index contributed by atoms with van der Waals surface area (Å²) in [5, 5.41) is 5.57. The number of rotatable bonds is 4. The van der Waals surface area contributed by atoms with Crippen LogP contribution in [0.25, 0.3) is 5.69 Å². The van der Waals surface area contributed by atoms with Gasteiger partial charge < -0.3 is 9.64 Å². The van der Waals surface area contributed by atoms with Crippen molar-refractivity contribution in [3.8, 4) is 5.69 Å². The van der Waals surface area contributed by atoms with Crippen molar-refractivity contribution in [1.29, 1.82) is 0 Å². The Kier molecular flexibility index (Phi) is 4.31. The highest BCUT2D eigenvalue weighted by Gasteiger charge is 2.28. The van der Waals surface area contributed by atoms with Crippen LogP contribution in [0.1, 0.15) is 17.7 Å². The van der Waals surface area contributed by atoms with Crippen molar-refractivity contribution in [1.82, 2.24) is 9.78 Å². The average molecular weight is 350 g/mol. The molecule has 0 spiro atoms. The van der Waals surface area contributed by atoms with E-state index < -0.39 is 0 Å². The number of nitrogens with zero attached hydrogens (tertiary/aromatic N) is 3. The lowest BCUT2D eigenvalue weighted by molar-refractivity contribution is 0.121. The van der Waals surface area contributed by atoms with Crippen LogP contribution in [0, 0.1) is 6.92 Å². The molecular weight excluding hydrogens is 330 g/mol. The molecule has 3 rings (SSSR count). The van der Waals surface area contributed by atoms with Crippen LogP contribution in [0.4, 0.5) is 5.82 Å². The Morgan fingerprint density at radius 3 is 2.71 bits per heavy atom. The minimum absolute atomic E-state index is 0.313. The Bertz CT molecular complexity index is 611. The first-order valence-electron chi connectivity index (χ1n) is 7.22. The molecule has 1 atom stereocenters. The quantitative estimate of drug-likeness (QED) is 0.793. The summed E-state index contributed by atoms with van der Waals surface area (Å²) in [6.07, 6.45) is 1.38. The summed E-state index contributed by atoms with van der Waals surface area (Å²) in [7, 11) is 1.79. The molecule has 21 heavy (non-hydrogen) atoms. The van der Waals surface area contributed by atoms with Crippen molar-refractivity contribution >= 4 is 21.7 Å².